The third kappa shape index (κ3) is 1.88. The van der Waals surface area contributed by atoms with Crippen molar-refractivity contribution in [2.24, 2.45) is 5.73 Å². The normalized spacial score (nSPS) is 18.2. The van der Waals surface area contributed by atoms with E-state index >= 15 is 0 Å². The Bertz CT molecular complexity index is 267. The van der Waals surface area contributed by atoms with Crippen molar-refractivity contribution in [3.05, 3.63) is 47.7 Å². The lowest BCUT2D eigenvalue weighted by molar-refractivity contribution is 0.904. The molecule has 0 aromatic rings. The van der Waals surface area contributed by atoms with Crippen molar-refractivity contribution in [2.45, 2.75) is 19.8 Å². The Hall–Kier alpha value is -1.24. The predicted molar refractivity (Wildman–Crippen MR) is 53.5 cm³/mol. The molecule has 0 radical (unpaired) electrons. The molecule has 12 heavy (non-hydrogen) atoms. The Morgan fingerprint density at radius 2 is 2.25 bits per heavy atom. The number of allylic oxidation sites excluding steroid dienone is 7. The fourth-order valence-electron chi connectivity index (χ4n) is 1.33. The maximum Gasteiger partial charge on any atom is 0.00839 e. The lowest BCUT2D eigenvalue weighted by Gasteiger charge is -2.12. The van der Waals surface area contributed by atoms with Gasteiger partial charge in [-0.2, -0.15) is 0 Å². The summed E-state index contributed by atoms with van der Waals surface area (Å²) in [5.74, 6) is 0. The van der Waals surface area contributed by atoms with Crippen LogP contribution in [0.2, 0.25) is 0 Å². The zero-order chi connectivity index (χ0) is 8.97. The van der Waals surface area contributed by atoms with Gasteiger partial charge in [-0.15, -0.1) is 0 Å². The summed E-state index contributed by atoms with van der Waals surface area (Å²) in [5, 5.41) is 0. The predicted octanol–water partition coefficient (Wildman–Crippen LogP) is 2.68. The highest BCUT2D eigenvalue weighted by atomic mass is 14.6. The van der Waals surface area contributed by atoms with Crippen LogP contribution in [0.1, 0.15) is 19.8 Å². The molecule has 0 bridgehead atoms. The number of nitrogens with two attached hydrogens (primary N) is 1. The first-order valence-electron chi connectivity index (χ1n) is 4.22. The summed E-state index contributed by atoms with van der Waals surface area (Å²) < 4.78 is 0. The van der Waals surface area contributed by atoms with Crippen LogP contribution in [0.5, 0.6) is 0 Å². The first-order valence-corrected chi connectivity index (χ1v) is 4.22. The fourth-order valence-corrected chi connectivity index (χ4v) is 1.33. The van der Waals surface area contributed by atoms with Gasteiger partial charge in [0.2, 0.25) is 0 Å². The Labute approximate surface area is 74.0 Å². The second kappa shape index (κ2) is 3.96. The molecule has 1 nitrogen and oxygen atoms in total. The van der Waals surface area contributed by atoms with Gasteiger partial charge in [-0.05, 0) is 37.0 Å². The van der Waals surface area contributed by atoms with E-state index < -0.39 is 0 Å². The second-order valence-electron chi connectivity index (χ2n) is 2.88. The summed E-state index contributed by atoms with van der Waals surface area (Å²) in [6, 6.07) is 0. The molecule has 0 amide bonds. The lowest BCUT2D eigenvalue weighted by Crippen LogP contribution is -2.02. The first-order chi connectivity index (χ1) is 5.77. The topological polar surface area (TPSA) is 26.0 Å². The molecule has 0 saturated heterocycles. The van der Waals surface area contributed by atoms with Crippen molar-refractivity contribution < 1.29 is 0 Å². The van der Waals surface area contributed by atoms with Gasteiger partial charge in [-0.25, -0.2) is 0 Å². The highest BCUT2D eigenvalue weighted by Crippen LogP contribution is 2.22. The molecule has 1 rings (SSSR count). The van der Waals surface area contributed by atoms with Crippen molar-refractivity contribution in [1.29, 1.82) is 0 Å². The molecule has 2 N–H and O–H groups in total. The van der Waals surface area contributed by atoms with Gasteiger partial charge in [-0.3, -0.25) is 0 Å². The molecule has 0 aliphatic heterocycles. The van der Waals surface area contributed by atoms with E-state index in [2.05, 4.69) is 18.7 Å². The molecule has 0 aromatic carbocycles. The third-order valence-electron chi connectivity index (χ3n) is 2.08. The zero-order valence-electron chi connectivity index (χ0n) is 7.51. The molecule has 1 heteroatoms. The Morgan fingerprint density at radius 3 is 2.67 bits per heavy atom. The van der Waals surface area contributed by atoms with Crippen LogP contribution in [0.3, 0.4) is 0 Å². The van der Waals surface area contributed by atoms with Gasteiger partial charge in [0.1, 0.15) is 0 Å². The maximum absolute atomic E-state index is 5.65. The van der Waals surface area contributed by atoms with Crippen molar-refractivity contribution in [2.75, 3.05) is 0 Å². The van der Waals surface area contributed by atoms with Gasteiger partial charge in [0.25, 0.3) is 0 Å². The van der Waals surface area contributed by atoms with Crippen molar-refractivity contribution in [3.63, 3.8) is 0 Å². The van der Waals surface area contributed by atoms with Gasteiger partial charge in [-0.1, -0.05) is 24.8 Å². The quantitative estimate of drug-likeness (QED) is 0.619. The minimum atomic E-state index is 0.969. The summed E-state index contributed by atoms with van der Waals surface area (Å²) >= 11 is 0. The molecular weight excluding hydrogens is 146 g/mol. The van der Waals surface area contributed by atoms with Crippen LogP contribution >= 0.6 is 0 Å². The average molecular weight is 161 g/mol. The third-order valence-corrected chi connectivity index (χ3v) is 2.08. The van der Waals surface area contributed by atoms with E-state index in [1.165, 1.54) is 11.1 Å². The monoisotopic (exact) mass is 161 g/mol. The standard InChI is InChI=1S/C11H15N/c1-3-9(4-2)10-5-7-11(12)8-6-10/h3-5,7H,1,6,8,12H2,2H3/b9-4+. The molecule has 0 aromatic heterocycles. The van der Waals surface area contributed by atoms with Crippen LogP contribution in [0, 0.1) is 0 Å². The molecule has 1 aliphatic carbocycles. The van der Waals surface area contributed by atoms with Crippen LogP contribution in [0.4, 0.5) is 0 Å². The molecule has 0 spiro atoms. The Morgan fingerprint density at radius 1 is 1.50 bits per heavy atom. The minimum Gasteiger partial charge on any atom is -0.402 e. The van der Waals surface area contributed by atoms with Gasteiger partial charge in [0.15, 0.2) is 0 Å². The molecule has 0 atom stereocenters. The van der Waals surface area contributed by atoms with E-state index in [1.54, 1.807) is 0 Å². The molecule has 0 fully saturated rings. The van der Waals surface area contributed by atoms with Gasteiger partial charge in [0.05, 0.1) is 0 Å². The van der Waals surface area contributed by atoms with Crippen LogP contribution < -0.4 is 5.73 Å². The average Bonchev–Trinajstić information content (AvgIpc) is 2.10. The number of rotatable bonds is 2. The van der Waals surface area contributed by atoms with E-state index in [1.807, 2.05) is 19.1 Å². The smallest absolute Gasteiger partial charge is 0.00839 e. The summed E-state index contributed by atoms with van der Waals surface area (Å²) in [6.07, 6.45) is 10.0. The zero-order valence-corrected chi connectivity index (χ0v) is 7.51. The first kappa shape index (κ1) is 8.85. The van der Waals surface area contributed by atoms with Crippen molar-refractivity contribution in [3.8, 4) is 0 Å². The number of hydrogen-bond acceptors (Lipinski definition) is 1. The van der Waals surface area contributed by atoms with Crippen molar-refractivity contribution in [1.82, 2.24) is 0 Å². The SMILES string of the molecule is C=C/C(=C\C)C1=CC=C(N)CC1. The summed E-state index contributed by atoms with van der Waals surface area (Å²) in [4.78, 5) is 0. The van der Waals surface area contributed by atoms with E-state index in [9.17, 15) is 0 Å². The Kier molecular flexibility index (Phi) is 2.92. The second-order valence-corrected chi connectivity index (χ2v) is 2.88. The minimum absolute atomic E-state index is 0.969. The van der Waals surface area contributed by atoms with Crippen LogP contribution in [-0.2, 0) is 0 Å². The van der Waals surface area contributed by atoms with Crippen molar-refractivity contribution >= 4 is 0 Å². The molecule has 1 aliphatic rings. The highest BCUT2D eigenvalue weighted by molar-refractivity contribution is 5.42. The van der Waals surface area contributed by atoms with E-state index in [0.717, 1.165) is 18.5 Å². The van der Waals surface area contributed by atoms with E-state index in [-0.39, 0.29) is 0 Å². The van der Waals surface area contributed by atoms with Gasteiger partial charge >= 0.3 is 0 Å². The summed E-state index contributed by atoms with van der Waals surface area (Å²) in [7, 11) is 0. The van der Waals surface area contributed by atoms with E-state index in [0.29, 0.717) is 0 Å². The summed E-state index contributed by atoms with van der Waals surface area (Å²) in [6.45, 7) is 5.79. The molecule has 0 heterocycles. The fraction of sp³-hybridized carbons (Fsp3) is 0.273. The highest BCUT2D eigenvalue weighted by Gasteiger charge is 2.04. The molecule has 64 valence electrons. The van der Waals surface area contributed by atoms with Crippen LogP contribution in [0.15, 0.2) is 47.7 Å². The van der Waals surface area contributed by atoms with Crippen LogP contribution in [-0.4, -0.2) is 0 Å². The summed E-state index contributed by atoms with van der Waals surface area (Å²) in [5.41, 5.74) is 9.18. The molecular formula is C11H15N. The molecule has 0 saturated carbocycles. The Balaban J connectivity index is 2.84. The van der Waals surface area contributed by atoms with E-state index in [4.69, 9.17) is 5.73 Å². The lowest BCUT2D eigenvalue weighted by atomic mass is 9.96. The maximum atomic E-state index is 5.65. The largest absolute Gasteiger partial charge is 0.402 e. The molecule has 0 unspecified atom stereocenters. The van der Waals surface area contributed by atoms with Gasteiger partial charge in [0, 0.05) is 5.70 Å². The van der Waals surface area contributed by atoms with Gasteiger partial charge < -0.3 is 5.73 Å². The number of hydrogen-bond donors (Lipinski definition) is 1. The van der Waals surface area contributed by atoms with Crippen LogP contribution in [0.25, 0.3) is 0 Å².